The molecule has 6 heteroatoms. The molecule has 0 saturated heterocycles. The molecule has 17 heavy (non-hydrogen) atoms. The van der Waals surface area contributed by atoms with E-state index in [0.717, 1.165) is 6.26 Å². The SMILES string of the molecule is CC(C)(C)c1nc(S(C)(=O)=O)cc2c1OCO2. The molecule has 0 radical (unpaired) electrons. The molecule has 0 bridgehead atoms. The van der Waals surface area contributed by atoms with Gasteiger partial charge in [0.15, 0.2) is 26.4 Å². The molecule has 1 aromatic rings. The van der Waals surface area contributed by atoms with Gasteiger partial charge in [0.1, 0.15) is 0 Å². The van der Waals surface area contributed by atoms with Crippen LogP contribution in [0, 0.1) is 0 Å². The zero-order valence-electron chi connectivity index (χ0n) is 10.3. The Morgan fingerprint density at radius 1 is 1.29 bits per heavy atom. The van der Waals surface area contributed by atoms with Crippen molar-refractivity contribution in [3.63, 3.8) is 0 Å². The van der Waals surface area contributed by atoms with Crippen molar-refractivity contribution in [1.29, 1.82) is 0 Å². The lowest BCUT2D eigenvalue weighted by atomic mass is 9.91. The van der Waals surface area contributed by atoms with Crippen LogP contribution in [0.2, 0.25) is 0 Å². The first-order chi connectivity index (χ1) is 7.69. The van der Waals surface area contributed by atoms with Crippen molar-refractivity contribution in [1.82, 2.24) is 4.98 Å². The van der Waals surface area contributed by atoms with Crippen LogP contribution in [0.3, 0.4) is 0 Å². The summed E-state index contributed by atoms with van der Waals surface area (Å²) in [6.07, 6.45) is 1.13. The molecule has 5 nitrogen and oxygen atoms in total. The largest absolute Gasteiger partial charge is 0.453 e. The molecule has 94 valence electrons. The molecular weight excluding hydrogens is 242 g/mol. The Bertz CT molecular complexity index is 558. The topological polar surface area (TPSA) is 65.5 Å². The third kappa shape index (κ3) is 2.22. The van der Waals surface area contributed by atoms with Crippen LogP contribution in [0.4, 0.5) is 0 Å². The summed E-state index contributed by atoms with van der Waals surface area (Å²) < 4.78 is 33.7. The summed E-state index contributed by atoms with van der Waals surface area (Å²) in [5, 5.41) is 0.0201. The van der Waals surface area contributed by atoms with Gasteiger partial charge in [0.25, 0.3) is 0 Å². The minimum absolute atomic E-state index is 0.0201. The highest BCUT2D eigenvalue weighted by molar-refractivity contribution is 7.90. The second-order valence-electron chi connectivity index (χ2n) is 5.07. The van der Waals surface area contributed by atoms with Gasteiger partial charge >= 0.3 is 0 Å². The van der Waals surface area contributed by atoms with E-state index in [1.54, 1.807) is 0 Å². The summed E-state index contributed by atoms with van der Waals surface area (Å²) in [6.45, 7) is 5.95. The third-order valence-electron chi connectivity index (χ3n) is 2.42. The summed E-state index contributed by atoms with van der Waals surface area (Å²) in [7, 11) is -3.35. The molecule has 1 aliphatic heterocycles. The van der Waals surface area contributed by atoms with Gasteiger partial charge in [-0.25, -0.2) is 13.4 Å². The first kappa shape index (κ1) is 12.2. The second-order valence-corrected chi connectivity index (χ2v) is 7.03. The normalized spacial score (nSPS) is 15.1. The molecule has 0 fully saturated rings. The van der Waals surface area contributed by atoms with Gasteiger partial charge in [0.2, 0.25) is 6.79 Å². The summed E-state index contributed by atoms with van der Waals surface area (Å²) in [5.74, 6) is 0.996. The Morgan fingerprint density at radius 3 is 2.47 bits per heavy atom. The van der Waals surface area contributed by atoms with Crippen molar-refractivity contribution in [3.05, 3.63) is 11.8 Å². The zero-order valence-corrected chi connectivity index (χ0v) is 11.1. The average molecular weight is 257 g/mol. The van der Waals surface area contributed by atoms with Crippen LogP contribution in [0.15, 0.2) is 11.1 Å². The number of hydrogen-bond donors (Lipinski definition) is 0. The van der Waals surface area contributed by atoms with Gasteiger partial charge in [-0.2, -0.15) is 0 Å². The molecular formula is C11H15NO4S. The molecule has 0 saturated carbocycles. The number of fused-ring (bicyclic) bond motifs is 1. The van der Waals surface area contributed by atoms with E-state index in [1.165, 1.54) is 6.07 Å². The Labute approximate surface area is 101 Å². The van der Waals surface area contributed by atoms with Gasteiger partial charge in [-0.3, -0.25) is 0 Å². The highest BCUT2D eigenvalue weighted by Gasteiger charge is 2.30. The summed E-state index contributed by atoms with van der Waals surface area (Å²) >= 11 is 0. The summed E-state index contributed by atoms with van der Waals surface area (Å²) in [5.41, 5.74) is 0.298. The maximum Gasteiger partial charge on any atom is 0.231 e. The molecule has 0 aromatic carbocycles. The van der Waals surface area contributed by atoms with E-state index in [1.807, 2.05) is 20.8 Å². The minimum Gasteiger partial charge on any atom is -0.453 e. The standard InChI is InChI=1S/C11H15NO4S/c1-11(2,3)10-9-7(15-6-16-9)5-8(12-10)17(4,13)14/h5H,6H2,1-4H3. The Balaban J connectivity index is 2.71. The van der Waals surface area contributed by atoms with Gasteiger partial charge < -0.3 is 9.47 Å². The van der Waals surface area contributed by atoms with Gasteiger partial charge in [-0.05, 0) is 0 Å². The molecule has 0 aliphatic carbocycles. The van der Waals surface area contributed by atoms with Crippen LogP contribution in [0.1, 0.15) is 26.5 Å². The monoisotopic (exact) mass is 257 g/mol. The molecule has 0 spiro atoms. The third-order valence-corrected chi connectivity index (χ3v) is 3.39. The summed E-state index contributed by atoms with van der Waals surface area (Å²) in [6, 6.07) is 1.41. The number of aromatic nitrogens is 1. The van der Waals surface area contributed by atoms with Crippen molar-refractivity contribution in [3.8, 4) is 11.5 Å². The lowest BCUT2D eigenvalue weighted by Crippen LogP contribution is -2.16. The zero-order chi connectivity index (χ0) is 12.8. The molecule has 0 amide bonds. The second kappa shape index (κ2) is 3.60. The van der Waals surface area contributed by atoms with Crippen LogP contribution >= 0.6 is 0 Å². The van der Waals surface area contributed by atoms with Crippen LogP contribution in [0.25, 0.3) is 0 Å². The van der Waals surface area contributed by atoms with Crippen LogP contribution < -0.4 is 9.47 Å². The molecule has 2 rings (SSSR count). The van der Waals surface area contributed by atoms with E-state index in [-0.39, 0.29) is 17.2 Å². The fraction of sp³-hybridized carbons (Fsp3) is 0.545. The van der Waals surface area contributed by atoms with E-state index in [2.05, 4.69) is 4.98 Å². The van der Waals surface area contributed by atoms with E-state index in [4.69, 9.17) is 9.47 Å². The lowest BCUT2D eigenvalue weighted by Gasteiger charge is -2.20. The molecule has 1 aromatic heterocycles. The van der Waals surface area contributed by atoms with Gasteiger partial charge in [0.05, 0.1) is 5.69 Å². The van der Waals surface area contributed by atoms with E-state index in [9.17, 15) is 8.42 Å². The predicted octanol–water partition coefficient (Wildman–Crippen LogP) is 1.51. The number of sulfone groups is 1. The Kier molecular flexibility index (Phi) is 2.57. The average Bonchev–Trinajstić information content (AvgIpc) is 2.59. The fourth-order valence-corrected chi connectivity index (χ4v) is 2.16. The molecule has 0 atom stereocenters. The Morgan fingerprint density at radius 2 is 1.94 bits per heavy atom. The summed E-state index contributed by atoms with van der Waals surface area (Å²) in [4.78, 5) is 4.19. The first-order valence-electron chi connectivity index (χ1n) is 5.21. The van der Waals surface area contributed by atoms with Gasteiger partial charge in [0, 0.05) is 17.7 Å². The number of pyridine rings is 1. The lowest BCUT2D eigenvalue weighted by molar-refractivity contribution is 0.172. The number of nitrogens with zero attached hydrogens (tertiary/aromatic N) is 1. The van der Waals surface area contributed by atoms with Gasteiger partial charge in [-0.15, -0.1) is 0 Å². The molecule has 2 heterocycles. The molecule has 1 aliphatic rings. The van der Waals surface area contributed by atoms with Crippen molar-refractivity contribution in [2.45, 2.75) is 31.2 Å². The molecule has 0 unspecified atom stereocenters. The number of rotatable bonds is 1. The van der Waals surface area contributed by atoms with Crippen molar-refractivity contribution in [2.24, 2.45) is 0 Å². The van der Waals surface area contributed by atoms with E-state index < -0.39 is 9.84 Å². The number of hydrogen-bond acceptors (Lipinski definition) is 5. The van der Waals surface area contributed by atoms with Crippen LogP contribution in [0.5, 0.6) is 11.5 Å². The van der Waals surface area contributed by atoms with E-state index >= 15 is 0 Å². The Hall–Kier alpha value is -1.30. The van der Waals surface area contributed by atoms with Gasteiger partial charge in [-0.1, -0.05) is 20.8 Å². The fourth-order valence-electron chi connectivity index (χ4n) is 1.58. The smallest absolute Gasteiger partial charge is 0.231 e. The van der Waals surface area contributed by atoms with Crippen molar-refractivity contribution >= 4 is 9.84 Å². The van der Waals surface area contributed by atoms with Crippen molar-refractivity contribution in [2.75, 3.05) is 13.0 Å². The van der Waals surface area contributed by atoms with Crippen molar-refractivity contribution < 1.29 is 17.9 Å². The predicted molar refractivity (Wildman–Crippen MR) is 62.2 cm³/mol. The maximum atomic E-state index is 11.6. The van der Waals surface area contributed by atoms with E-state index in [0.29, 0.717) is 17.2 Å². The van der Waals surface area contributed by atoms with Crippen LogP contribution in [-0.2, 0) is 15.3 Å². The minimum atomic E-state index is -3.35. The highest BCUT2D eigenvalue weighted by Crippen LogP contribution is 2.41. The quantitative estimate of drug-likeness (QED) is 0.763. The highest BCUT2D eigenvalue weighted by atomic mass is 32.2. The first-order valence-corrected chi connectivity index (χ1v) is 7.10. The van der Waals surface area contributed by atoms with Crippen LogP contribution in [-0.4, -0.2) is 26.5 Å². The maximum absolute atomic E-state index is 11.6. The number of ether oxygens (including phenoxy) is 2. The molecule has 0 N–H and O–H groups in total.